The van der Waals surface area contributed by atoms with E-state index in [2.05, 4.69) is 20.9 Å². The molecule has 1 nitrogen and oxygen atoms in total. The maximum atomic E-state index is 12.6. The zero-order valence-corrected chi connectivity index (χ0v) is 9.80. The second kappa shape index (κ2) is 4.83. The average molecular weight is 324 g/mol. The molecule has 0 atom stereocenters. The first-order valence-electron chi connectivity index (χ1n) is 3.87. The highest BCUT2D eigenvalue weighted by atomic mass is 79.9. The summed E-state index contributed by atoms with van der Waals surface area (Å²) < 4.78 is 62.5. The van der Waals surface area contributed by atoms with E-state index in [4.69, 9.17) is 11.6 Å². The van der Waals surface area contributed by atoms with E-state index in [9.17, 15) is 22.0 Å². The number of halogens is 7. The molecule has 0 N–H and O–H groups in total. The van der Waals surface area contributed by atoms with E-state index in [1.807, 2.05) is 0 Å². The predicted octanol–water partition coefficient (Wildman–Crippen LogP) is 4.54. The van der Waals surface area contributed by atoms with Gasteiger partial charge in [-0.15, -0.1) is 11.6 Å². The molecule has 0 spiro atoms. The Morgan fingerprint density at radius 1 is 1.38 bits per heavy atom. The van der Waals surface area contributed by atoms with Gasteiger partial charge in [0, 0.05) is 16.5 Å². The van der Waals surface area contributed by atoms with E-state index in [-0.39, 0.29) is 4.47 Å². The lowest BCUT2D eigenvalue weighted by Gasteiger charge is -2.16. The smallest absolute Gasteiger partial charge is 0.253 e. The van der Waals surface area contributed by atoms with Gasteiger partial charge < -0.3 is 0 Å². The van der Waals surface area contributed by atoms with Crippen molar-refractivity contribution in [1.29, 1.82) is 0 Å². The Morgan fingerprint density at radius 3 is 2.31 bits per heavy atom. The first-order chi connectivity index (χ1) is 7.29. The van der Waals surface area contributed by atoms with Crippen LogP contribution in [0.4, 0.5) is 22.0 Å². The van der Waals surface area contributed by atoms with Crippen LogP contribution in [-0.2, 0) is 12.1 Å². The maximum absolute atomic E-state index is 12.6. The summed E-state index contributed by atoms with van der Waals surface area (Å²) in [7, 11) is 0. The van der Waals surface area contributed by atoms with Crippen LogP contribution in [0.3, 0.4) is 0 Å². The van der Waals surface area contributed by atoms with Gasteiger partial charge in [-0.1, -0.05) is 0 Å². The highest BCUT2D eigenvalue weighted by Crippen LogP contribution is 2.40. The van der Waals surface area contributed by atoms with E-state index in [1.165, 1.54) is 0 Å². The summed E-state index contributed by atoms with van der Waals surface area (Å²) in [5.74, 6) is -0.530. The largest absolute Gasteiger partial charge is 0.418 e. The van der Waals surface area contributed by atoms with Gasteiger partial charge in [-0.05, 0) is 21.5 Å². The maximum Gasteiger partial charge on any atom is 0.418 e. The Kier molecular flexibility index (Phi) is 4.12. The SMILES string of the molecule is FC(F)c1ncc(Br)c(CCl)c1C(F)(F)F. The van der Waals surface area contributed by atoms with Crippen LogP contribution >= 0.6 is 27.5 Å². The molecule has 0 amide bonds. The fourth-order valence-electron chi connectivity index (χ4n) is 1.16. The molecule has 0 radical (unpaired) electrons. The number of hydrogen-bond donors (Lipinski definition) is 0. The van der Waals surface area contributed by atoms with Gasteiger partial charge >= 0.3 is 6.18 Å². The minimum atomic E-state index is -4.91. The third-order valence-corrected chi connectivity index (χ3v) is 2.74. The highest BCUT2D eigenvalue weighted by molar-refractivity contribution is 9.10. The fraction of sp³-hybridized carbons (Fsp3) is 0.375. The summed E-state index contributed by atoms with van der Waals surface area (Å²) in [6.45, 7) is 0. The monoisotopic (exact) mass is 323 g/mol. The fourth-order valence-corrected chi connectivity index (χ4v) is 2.03. The van der Waals surface area contributed by atoms with Gasteiger partial charge in [-0.25, -0.2) is 8.78 Å². The summed E-state index contributed by atoms with van der Waals surface area (Å²) in [6.07, 6.45) is -7.33. The average Bonchev–Trinajstić information content (AvgIpc) is 2.15. The molecule has 0 bridgehead atoms. The predicted molar refractivity (Wildman–Crippen MR) is 51.5 cm³/mol. The molecular formula is C8H4BrClF5N. The first kappa shape index (κ1) is 13.6. The molecule has 0 aliphatic rings. The van der Waals surface area contributed by atoms with Crippen molar-refractivity contribution in [2.75, 3.05) is 0 Å². The lowest BCUT2D eigenvalue weighted by Crippen LogP contribution is -2.15. The van der Waals surface area contributed by atoms with E-state index in [1.54, 1.807) is 0 Å². The molecule has 1 rings (SSSR count). The zero-order chi connectivity index (χ0) is 12.5. The summed E-state index contributed by atoms with van der Waals surface area (Å²) in [5, 5.41) is 0. The molecule has 0 saturated heterocycles. The van der Waals surface area contributed by atoms with Crippen molar-refractivity contribution in [2.24, 2.45) is 0 Å². The molecule has 0 unspecified atom stereocenters. The van der Waals surface area contributed by atoms with E-state index in [0.29, 0.717) is 0 Å². The van der Waals surface area contributed by atoms with Gasteiger partial charge in [0.05, 0.1) is 5.56 Å². The molecule has 1 heterocycles. The minimum absolute atomic E-state index is 0.0424. The van der Waals surface area contributed by atoms with Gasteiger partial charge in [-0.3, -0.25) is 4.98 Å². The number of rotatable bonds is 2. The summed E-state index contributed by atoms with van der Waals surface area (Å²) in [5.41, 5.74) is -3.20. The van der Waals surface area contributed by atoms with Crippen LogP contribution in [0.5, 0.6) is 0 Å². The second-order valence-corrected chi connectivity index (χ2v) is 3.90. The van der Waals surface area contributed by atoms with E-state index >= 15 is 0 Å². The number of alkyl halides is 6. The summed E-state index contributed by atoms with van der Waals surface area (Å²) >= 11 is 8.11. The third kappa shape index (κ3) is 2.63. The van der Waals surface area contributed by atoms with Gasteiger partial charge in [0.25, 0.3) is 6.43 Å². The van der Waals surface area contributed by atoms with Crippen LogP contribution in [0.2, 0.25) is 0 Å². The van der Waals surface area contributed by atoms with Gasteiger partial charge in [0.2, 0.25) is 0 Å². The Balaban J connectivity index is 3.54. The van der Waals surface area contributed by atoms with Gasteiger partial charge in [0.15, 0.2) is 0 Å². The van der Waals surface area contributed by atoms with Crippen LogP contribution in [0, 0.1) is 0 Å². The number of nitrogens with zero attached hydrogens (tertiary/aromatic N) is 1. The lowest BCUT2D eigenvalue weighted by atomic mass is 10.1. The Hall–Kier alpha value is -0.430. The minimum Gasteiger partial charge on any atom is -0.253 e. The van der Waals surface area contributed by atoms with Crippen molar-refractivity contribution in [2.45, 2.75) is 18.5 Å². The van der Waals surface area contributed by atoms with Gasteiger partial charge in [-0.2, -0.15) is 13.2 Å². The quantitative estimate of drug-likeness (QED) is 0.575. The van der Waals surface area contributed by atoms with Crippen LogP contribution in [-0.4, -0.2) is 4.98 Å². The third-order valence-electron chi connectivity index (χ3n) is 1.79. The Labute approximate surface area is 101 Å². The molecule has 1 aromatic heterocycles. The molecule has 0 fully saturated rings. The number of pyridine rings is 1. The van der Waals surface area contributed by atoms with Crippen molar-refractivity contribution < 1.29 is 22.0 Å². The summed E-state index contributed by atoms with van der Waals surface area (Å²) in [4.78, 5) is 3.08. The second-order valence-electron chi connectivity index (χ2n) is 2.78. The van der Waals surface area contributed by atoms with Crippen molar-refractivity contribution in [1.82, 2.24) is 4.98 Å². The highest BCUT2D eigenvalue weighted by Gasteiger charge is 2.39. The first-order valence-corrected chi connectivity index (χ1v) is 5.20. The van der Waals surface area contributed by atoms with E-state index in [0.717, 1.165) is 6.20 Å². The van der Waals surface area contributed by atoms with Crippen LogP contribution in [0.25, 0.3) is 0 Å². The Bertz CT molecular complexity index is 393. The molecule has 0 aromatic carbocycles. The molecule has 0 aliphatic heterocycles. The van der Waals surface area contributed by atoms with Gasteiger partial charge in [0.1, 0.15) is 5.69 Å². The van der Waals surface area contributed by atoms with Crippen molar-refractivity contribution >= 4 is 27.5 Å². The summed E-state index contributed by atoms with van der Waals surface area (Å²) in [6, 6.07) is 0. The number of aromatic nitrogens is 1. The van der Waals surface area contributed by atoms with Crippen molar-refractivity contribution in [3.05, 3.63) is 27.5 Å². The molecule has 1 aromatic rings. The number of hydrogen-bond acceptors (Lipinski definition) is 1. The van der Waals surface area contributed by atoms with Crippen molar-refractivity contribution in [3.63, 3.8) is 0 Å². The van der Waals surface area contributed by atoms with Crippen LogP contribution < -0.4 is 0 Å². The molecule has 16 heavy (non-hydrogen) atoms. The normalized spacial score (nSPS) is 12.2. The molecule has 0 aliphatic carbocycles. The van der Waals surface area contributed by atoms with Crippen LogP contribution in [0.1, 0.15) is 23.2 Å². The Morgan fingerprint density at radius 2 is 1.94 bits per heavy atom. The molecule has 0 saturated carbocycles. The van der Waals surface area contributed by atoms with Crippen molar-refractivity contribution in [3.8, 4) is 0 Å². The topological polar surface area (TPSA) is 12.9 Å². The molecular weight excluding hydrogens is 320 g/mol. The standard InChI is InChI=1S/C8H4BrClF5N/c9-4-2-16-6(7(11)12)5(3(4)1-10)8(13,14)15/h2,7H,1H2. The zero-order valence-electron chi connectivity index (χ0n) is 7.45. The molecule has 8 heteroatoms. The lowest BCUT2D eigenvalue weighted by molar-refractivity contribution is -0.140. The molecule has 90 valence electrons. The van der Waals surface area contributed by atoms with Crippen LogP contribution in [0.15, 0.2) is 10.7 Å². The van der Waals surface area contributed by atoms with E-state index < -0.39 is 35.3 Å².